The fourth-order valence-corrected chi connectivity index (χ4v) is 4.94. The molecule has 0 bridgehead atoms. The summed E-state index contributed by atoms with van der Waals surface area (Å²) in [5, 5.41) is 0. The Kier molecular flexibility index (Phi) is 5.21. The van der Waals surface area contributed by atoms with Crippen LogP contribution in [0.15, 0.2) is 30.3 Å². The van der Waals surface area contributed by atoms with Crippen LogP contribution in [0.3, 0.4) is 0 Å². The van der Waals surface area contributed by atoms with E-state index in [4.69, 9.17) is 9.47 Å². The summed E-state index contributed by atoms with van der Waals surface area (Å²) in [6.07, 6.45) is 9.63. The van der Waals surface area contributed by atoms with E-state index in [-0.39, 0.29) is 0 Å². The normalized spacial score (nSPS) is 34.2. The summed E-state index contributed by atoms with van der Waals surface area (Å²) in [6, 6.07) is 11.0. The molecule has 3 atom stereocenters. The van der Waals surface area contributed by atoms with E-state index in [9.17, 15) is 0 Å². The number of rotatable bonds is 6. The Morgan fingerprint density at radius 2 is 1.88 bits per heavy atom. The van der Waals surface area contributed by atoms with Gasteiger partial charge in [0.1, 0.15) is 0 Å². The molecule has 4 rings (SSSR count). The van der Waals surface area contributed by atoms with Crippen molar-refractivity contribution in [3.05, 3.63) is 35.9 Å². The molecule has 3 unspecified atom stereocenters. The quantitative estimate of drug-likeness (QED) is 0.795. The second-order valence-electron chi connectivity index (χ2n) is 7.97. The summed E-state index contributed by atoms with van der Waals surface area (Å²) in [5.41, 5.74) is 1.82. The fourth-order valence-electron chi connectivity index (χ4n) is 4.94. The van der Waals surface area contributed by atoms with Crippen LogP contribution in [0.4, 0.5) is 0 Å². The summed E-state index contributed by atoms with van der Waals surface area (Å²) in [5.74, 6) is 0. The molecule has 0 aromatic heterocycles. The van der Waals surface area contributed by atoms with Gasteiger partial charge in [0.05, 0.1) is 12.2 Å². The molecule has 3 aliphatic rings. The van der Waals surface area contributed by atoms with Crippen LogP contribution in [0.1, 0.15) is 44.1 Å². The summed E-state index contributed by atoms with van der Waals surface area (Å²) in [7, 11) is 0. The average molecular weight is 329 g/mol. The van der Waals surface area contributed by atoms with E-state index in [1.165, 1.54) is 63.6 Å². The number of ether oxygens (including phenoxy) is 2. The van der Waals surface area contributed by atoms with Crippen LogP contribution < -0.4 is 0 Å². The first-order chi connectivity index (χ1) is 11.8. The first-order valence-corrected chi connectivity index (χ1v) is 9.84. The first kappa shape index (κ1) is 16.6. The third-order valence-corrected chi connectivity index (χ3v) is 6.32. The minimum Gasteiger partial charge on any atom is -0.378 e. The summed E-state index contributed by atoms with van der Waals surface area (Å²) in [6.45, 7) is 5.46. The van der Waals surface area contributed by atoms with E-state index >= 15 is 0 Å². The minimum atomic E-state index is 0.352. The zero-order valence-electron chi connectivity index (χ0n) is 14.8. The van der Waals surface area contributed by atoms with Gasteiger partial charge in [0.15, 0.2) is 0 Å². The van der Waals surface area contributed by atoms with E-state index in [1.54, 1.807) is 0 Å². The Balaban J connectivity index is 1.41. The van der Waals surface area contributed by atoms with E-state index in [1.807, 2.05) is 0 Å². The molecule has 3 heteroatoms. The maximum Gasteiger partial charge on any atom is 0.0702 e. The van der Waals surface area contributed by atoms with Crippen molar-refractivity contribution < 1.29 is 9.47 Å². The predicted molar refractivity (Wildman–Crippen MR) is 96.2 cm³/mol. The number of aryl methyl sites for hydroxylation is 1. The lowest BCUT2D eigenvalue weighted by Crippen LogP contribution is -2.40. The topological polar surface area (TPSA) is 21.7 Å². The molecule has 0 amide bonds. The van der Waals surface area contributed by atoms with Gasteiger partial charge in [-0.3, -0.25) is 0 Å². The van der Waals surface area contributed by atoms with Gasteiger partial charge in [-0.15, -0.1) is 0 Å². The molecule has 1 aromatic rings. The lowest BCUT2D eigenvalue weighted by Gasteiger charge is -2.35. The fraction of sp³-hybridized carbons (Fsp3) is 0.714. The van der Waals surface area contributed by atoms with Crippen molar-refractivity contribution in [1.82, 2.24) is 4.90 Å². The van der Waals surface area contributed by atoms with Crippen molar-refractivity contribution in [3.8, 4) is 0 Å². The molecule has 1 aromatic carbocycles. The smallest absolute Gasteiger partial charge is 0.0702 e. The van der Waals surface area contributed by atoms with Gasteiger partial charge in [-0.05, 0) is 57.1 Å². The van der Waals surface area contributed by atoms with E-state index < -0.39 is 0 Å². The molecular weight excluding hydrogens is 298 g/mol. The van der Waals surface area contributed by atoms with Crippen molar-refractivity contribution in [3.63, 3.8) is 0 Å². The van der Waals surface area contributed by atoms with Crippen LogP contribution in [-0.4, -0.2) is 50.0 Å². The predicted octanol–water partition coefficient (Wildman–Crippen LogP) is 3.67. The molecule has 132 valence electrons. The van der Waals surface area contributed by atoms with Crippen LogP contribution >= 0.6 is 0 Å². The molecule has 3 heterocycles. The molecule has 24 heavy (non-hydrogen) atoms. The number of benzene rings is 1. The van der Waals surface area contributed by atoms with Crippen molar-refractivity contribution in [2.24, 2.45) is 5.41 Å². The summed E-state index contributed by atoms with van der Waals surface area (Å²) in [4.78, 5) is 2.66. The zero-order chi connectivity index (χ0) is 16.2. The van der Waals surface area contributed by atoms with Crippen LogP contribution in [-0.2, 0) is 15.9 Å². The third-order valence-electron chi connectivity index (χ3n) is 6.32. The second-order valence-corrected chi connectivity index (χ2v) is 7.97. The van der Waals surface area contributed by atoms with Gasteiger partial charge in [0, 0.05) is 31.7 Å². The lowest BCUT2D eigenvalue weighted by molar-refractivity contribution is -0.00470. The first-order valence-electron chi connectivity index (χ1n) is 9.84. The molecule has 0 aliphatic carbocycles. The SMILES string of the molecule is c1ccc(CCC2(C3CCCO3)CCN(CC3CCCO3)C2)cc1. The van der Waals surface area contributed by atoms with Gasteiger partial charge in [-0.25, -0.2) is 0 Å². The highest BCUT2D eigenvalue weighted by Gasteiger charge is 2.46. The molecule has 3 fully saturated rings. The average Bonchev–Trinajstić information content (AvgIpc) is 3.37. The largest absolute Gasteiger partial charge is 0.378 e. The van der Waals surface area contributed by atoms with Gasteiger partial charge in [0.25, 0.3) is 0 Å². The molecular formula is C21H31NO2. The maximum atomic E-state index is 6.19. The molecule has 0 spiro atoms. The van der Waals surface area contributed by atoms with E-state index in [2.05, 4.69) is 35.2 Å². The van der Waals surface area contributed by atoms with Crippen LogP contribution in [0.5, 0.6) is 0 Å². The Labute approximate surface area is 146 Å². The number of hydrogen-bond donors (Lipinski definition) is 0. The third kappa shape index (κ3) is 3.68. The Morgan fingerprint density at radius 1 is 1.04 bits per heavy atom. The Bertz CT molecular complexity index is 508. The Morgan fingerprint density at radius 3 is 2.62 bits per heavy atom. The van der Waals surface area contributed by atoms with Gasteiger partial charge in [0.2, 0.25) is 0 Å². The van der Waals surface area contributed by atoms with Gasteiger partial charge in [-0.2, -0.15) is 0 Å². The number of hydrogen-bond acceptors (Lipinski definition) is 3. The molecule has 3 aliphatic heterocycles. The second kappa shape index (κ2) is 7.55. The number of nitrogens with zero attached hydrogens (tertiary/aromatic N) is 1. The lowest BCUT2D eigenvalue weighted by atomic mass is 9.75. The highest BCUT2D eigenvalue weighted by molar-refractivity contribution is 5.15. The van der Waals surface area contributed by atoms with Gasteiger partial charge in [-0.1, -0.05) is 30.3 Å². The summed E-state index contributed by atoms with van der Waals surface area (Å²) >= 11 is 0. The van der Waals surface area contributed by atoms with Crippen molar-refractivity contribution in [1.29, 1.82) is 0 Å². The number of likely N-dealkylation sites (tertiary alicyclic amines) is 1. The highest BCUT2D eigenvalue weighted by atomic mass is 16.5. The van der Waals surface area contributed by atoms with Crippen molar-refractivity contribution >= 4 is 0 Å². The van der Waals surface area contributed by atoms with E-state index in [0.717, 1.165) is 19.8 Å². The van der Waals surface area contributed by atoms with Gasteiger partial charge >= 0.3 is 0 Å². The molecule has 0 N–H and O–H groups in total. The molecule has 0 saturated carbocycles. The highest BCUT2D eigenvalue weighted by Crippen LogP contribution is 2.43. The monoisotopic (exact) mass is 329 g/mol. The van der Waals surface area contributed by atoms with Gasteiger partial charge < -0.3 is 14.4 Å². The molecule has 3 nitrogen and oxygen atoms in total. The van der Waals surface area contributed by atoms with Crippen molar-refractivity contribution in [2.75, 3.05) is 32.8 Å². The zero-order valence-corrected chi connectivity index (χ0v) is 14.8. The van der Waals surface area contributed by atoms with Crippen LogP contribution in [0, 0.1) is 5.41 Å². The molecule has 0 radical (unpaired) electrons. The Hall–Kier alpha value is -0.900. The minimum absolute atomic E-state index is 0.352. The van der Waals surface area contributed by atoms with E-state index in [0.29, 0.717) is 17.6 Å². The van der Waals surface area contributed by atoms with Crippen LogP contribution in [0.25, 0.3) is 0 Å². The summed E-state index contributed by atoms with van der Waals surface area (Å²) < 4.78 is 12.1. The maximum absolute atomic E-state index is 6.19. The standard InChI is InChI=1S/C21H31NO2/c1-2-6-18(7-3-1)10-11-21(20-9-5-15-24-20)12-13-22(17-21)16-19-8-4-14-23-19/h1-3,6-7,19-20H,4-5,8-17H2. The van der Waals surface area contributed by atoms with Crippen molar-refractivity contribution in [2.45, 2.75) is 57.2 Å². The molecule has 3 saturated heterocycles. The van der Waals surface area contributed by atoms with Crippen LogP contribution in [0.2, 0.25) is 0 Å².